The summed E-state index contributed by atoms with van der Waals surface area (Å²) in [6.07, 6.45) is 2.57. The van der Waals surface area contributed by atoms with Gasteiger partial charge in [-0.2, -0.15) is 0 Å². The Morgan fingerprint density at radius 3 is 2.70 bits per heavy atom. The highest BCUT2D eigenvalue weighted by molar-refractivity contribution is 5.37. The van der Waals surface area contributed by atoms with Crippen molar-refractivity contribution in [1.82, 2.24) is 0 Å². The highest BCUT2D eigenvalue weighted by atomic mass is 16.5. The molecule has 3 rings (SSSR count). The molecule has 0 radical (unpaired) electrons. The maximum Gasteiger partial charge on any atom is 0.124 e. The van der Waals surface area contributed by atoms with Crippen LogP contribution in [0.15, 0.2) is 35.9 Å². The van der Waals surface area contributed by atoms with E-state index in [2.05, 4.69) is 39.0 Å². The Hall–Kier alpha value is -1.28. The average molecular weight is 272 g/mol. The summed E-state index contributed by atoms with van der Waals surface area (Å²) in [7, 11) is 1.74. The van der Waals surface area contributed by atoms with Crippen LogP contribution in [0.4, 0.5) is 0 Å². The molecule has 0 N–H and O–H groups in total. The van der Waals surface area contributed by atoms with E-state index >= 15 is 0 Å². The van der Waals surface area contributed by atoms with Crippen LogP contribution in [-0.2, 0) is 4.74 Å². The van der Waals surface area contributed by atoms with E-state index in [0.29, 0.717) is 23.7 Å². The summed E-state index contributed by atoms with van der Waals surface area (Å²) in [5.74, 6) is 3.35. The number of methoxy groups -OCH3 is 1. The fraction of sp³-hybridized carbons (Fsp3) is 0.556. The summed E-state index contributed by atoms with van der Waals surface area (Å²) in [4.78, 5) is 0. The van der Waals surface area contributed by atoms with Gasteiger partial charge in [0.2, 0.25) is 0 Å². The van der Waals surface area contributed by atoms with Gasteiger partial charge in [0.1, 0.15) is 5.75 Å². The second-order valence-corrected chi connectivity index (χ2v) is 6.31. The van der Waals surface area contributed by atoms with E-state index < -0.39 is 0 Å². The smallest absolute Gasteiger partial charge is 0.124 e. The van der Waals surface area contributed by atoms with Gasteiger partial charge in [0.05, 0.1) is 19.8 Å². The first kappa shape index (κ1) is 13.7. The van der Waals surface area contributed by atoms with Crippen molar-refractivity contribution < 1.29 is 9.47 Å². The number of rotatable bonds is 2. The third-order valence-corrected chi connectivity index (χ3v) is 5.21. The lowest BCUT2D eigenvalue weighted by molar-refractivity contribution is -0.0941. The minimum Gasteiger partial charge on any atom is -0.496 e. The maximum absolute atomic E-state index is 6.26. The normalized spacial score (nSPS) is 36.4. The highest BCUT2D eigenvalue weighted by Crippen LogP contribution is 2.50. The molecule has 1 aliphatic heterocycles. The summed E-state index contributed by atoms with van der Waals surface area (Å²) >= 11 is 0. The van der Waals surface area contributed by atoms with Gasteiger partial charge in [0, 0.05) is 11.5 Å². The third-order valence-electron chi connectivity index (χ3n) is 5.21. The Morgan fingerprint density at radius 2 is 1.95 bits per heavy atom. The monoisotopic (exact) mass is 272 g/mol. The van der Waals surface area contributed by atoms with Gasteiger partial charge in [-0.05, 0) is 30.7 Å². The second kappa shape index (κ2) is 5.25. The average Bonchev–Trinajstić information content (AvgIpc) is 2.44. The van der Waals surface area contributed by atoms with Crippen LogP contribution in [0.2, 0.25) is 0 Å². The predicted octanol–water partition coefficient (Wildman–Crippen LogP) is 4.23. The number of para-hydroxylation sites is 1. The zero-order chi connectivity index (χ0) is 14.3. The molecule has 1 fully saturated rings. The van der Waals surface area contributed by atoms with E-state index in [9.17, 15) is 0 Å². The van der Waals surface area contributed by atoms with E-state index in [0.717, 1.165) is 12.4 Å². The second-order valence-electron chi connectivity index (χ2n) is 6.31. The van der Waals surface area contributed by atoms with E-state index in [1.54, 1.807) is 7.11 Å². The molecule has 2 bridgehead atoms. The molecule has 2 nitrogen and oxygen atoms in total. The van der Waals surface area contributed by atoms with Gasteiger partial charge in [-0.1, -0.05) is 43.7 Å². The van der Waals surface area contributed by atoms with E-state index in [1.165, 1.54) is 11.1 Å². The van der Waals surface area contributed by atoms with Crippen molar-refractivity contribution in [2.24, 2.45) is 23.7 Å². The molecule has 1 aliphatic carbocycles. The van der Waals surface area contributed by atoms with Crippen molar-refractivity contribution in [1.29, 1.82) is 0 Å². The van der Waals surface area contributed by atoms with Crippen molar-refractivity contribution >= 4 is 0 Å². The minimum absolute atomic E-state index is 0.126. The number of hydrogen-bond acceptors (Lipinski definition) is 2. The molecule has 0 saturated carbocycles. The molecule has 0 aromatic heterocycles. The van der Waals surface area contributed by atoms with Crippen LogP contribution in [-0.4, -0.2) is 13.7 Å². The third kappa shape index (κ3) is 2.07. The SMILES string of the molecule is COc1ccccc1C1OCC2C(C)C=C(C)C1C2C. The Balaban J connectivity index is 2.01. The lowest BCUT2D eigenvalue weighted by Crippen LogP contribution is -2.42. The van der Waals surface area contributed by atoms with Gasteiger partial charge < -0.3 is 9.47 Å². The van der Waals surface area contributed by atoms with Crippen molar-refractivity contribution in [3.05, 3.63) is 41.5 Å². The van der Waals surface area contributed by atoms with Crippen LogP contribution in [0.25, 0.3) is 0 Å². The van der Waals surface area contributed by atoms with Gasteiger partial charge >= 0.3 is 0 Å². The van der Waals surface area contributed by atoms with Crippen LogP contribution in [0.1, 0.15) is 32.4 Å². The Morgan fingerprint density at radius 1 is 1.20 bits per heavy atom. The Bertz CT molecular complexity index is 520. The van der Waals surface area contributed by atoms with Crippen LogP contribution in [0, 0.1) is 23.7 Å². The highest BCUT2D eigenvalue weighted by Gasteiger charge is 2.44. The molecule has 2 aliphatic rings. The summed E-state index contributed by atoms with van der Waals surface area (Å²) in [6.45, 7) is 7.80. The Kier molecular flexibility index (Phi) is 3.59. The van der Waals surface area contributed by atoms with Crippen LogP contribution < -0.4 is 4.74 Å². The van der Waals surface area contributed by atoms with Gasteiger partial charge in [-0.3, -0.25) is 0 Å². The lowest BCUT2D eigenvalue weighted by Gasteiger charge is -2.47. The largest absolute Gasteiger partial charge is 0.496 e. The first-order valence-electron chi connectivity index (χ1n) is 7.56. The van der Waals surface area contributed by atoms with E-state index in [4.69, 9.17) is 9.47 Å². The lowest BCUT2D eigenvalue weighted by atomic mass is 9.64. The molecule has 5 atom stereocenters. The summed E-state index contributed by atoms with van der Waals surface area (Å²) in [6, 6.07) is 8.26. The molecule has 108 valence electrons. The molecule has 0 spiro atoms. The van der Waals surface area contributed by atoms with Gasteiger partial charge in [0.25, 0.3) is 0 Å². The first-order valence-corrected chi connectivity index (χ1v) is 7.56. The van der Waals surface area contributed by atoms with E-state index in [1.807, 2.05) is 12.1 Å². The molecule has 5 unspecified atom stereocenters. The molecule has 1 heterocycles. The standard InChI is InChI=1S/C18H24O2/c1-11-9-12(2)17-13(3)15(11)10-20-18(17)14-7-5-6-8-16(14)19-4/h5-9,11,13,15,17-18H,10H2,1-4H3. The fourth-order valence-corrected chi connectivity index (χ4v) is 4.13. The zero-order valence-corrected chi connectivity index (χ0v) is 12.8. The van der Waals surface area contributed by atoms with Gasteiger partial charge in [0.15, 0.2) is 0 Å². The van der Waals surface area contributed by atoms with Crippen molar-refractivity contribution in [3.63, 3.8) is 0 Å². The van der Waals surface area contributed by atoms with Crippen LogP contribution in [0.3, 0.4) is 0 Å². The quantitative estimate of drug-likeness (QED) is 0.750. The summed E-state index contributed by atoms with van der Waals surface area (Å²) < 4.78 is 11.8. The number of allylic oxidation sites excluding steroid dienone is 1. The van der Waals surface area contributed by atoms with Crippen LogP contribution in [0.5, 0.6) is 5.75 Å². The Labute approximate surface area is 121 Å². The number of fused-ring (bicyclic) bond motifs is 2. The summed E-state index contributed by atoms with van der Waals surface area (Å²) in [5, 5.41) is 0. The number of hydrogen-bond donors (Lipinski definition) is 0. The molecular formula is C18H24O2. The first-order chi connectivity index (χ1) is 9.63. The molecular weight excluding hydrogens is 248 g/mol. The van der Waals surface area contributed by atoms with Crippen molar-refractivity contribution in [2.45, 2.75) is 26.9 Å². The maximum atomic E-state index is 6.26. The van der Waals surface area contributed by atoms with Crippen LogP contribution >= 0.6 is 0 Å². The molecule has 2 heteroatoms. The van der Waals surface area contributed by atoms with Gasteiger partial charge in [-0.15, -0.1) is 0 Å². The van der Waals surface area contributed by atoms with Crippen molar-refractivity contribution in [3.8, 4) is 5.75 Å². The molecule has 0 amide bonds. The van der Waals surface area contributed by atoms with E-state index in [-0.39, 0.29) is 6.10 Å². The van der Waals surface area contributed by atoms with Gasteiger partial charge in [-0.25, -0.2) is 0 Å². The number of benzene rings is 1. The topological polar surface area (TPSA) is 18.5 Å². The molecule has 1 aromatic rings. The van der Waals surface area contributed by atoms with Crippen molar-refractivity contribution in [2.75, 3.05) is 13.7 Å². The molecule has 20 heavy (non-hydrogen) atoms. The minimum atomic E-state index is 0.126. The molecule has 1 aromatic carbocycles. The zero-order valence-electron chi connectivity index (χ0n) is 12.8. The predicted molar refractivity (Wildman–Crippen MR) is 80.8 cm³/mol. The fourth-order valence-electron chi connectivity index (χ4n) is 4.13. The number of ether oxygens (including phenoxy) is 2. The molecule has 1 saturated heterocycles. The summed E-state index contributed by atoms with van der Waals surface area (Å²) in [5.41, 5.74) is 2.66.